The predicted molar refractivity (Wildman–Crippen MR) is 81.0 cm³/mol. The zero-order valence-corrected chi connectivity index (χ0v) is 13.5. The van der Waals surface area contributed by atoms with Gasteiger partial charge in [-0.1, -0.05) is 20.8 Å². The lowest BCUT2D eigenvalue weighted by atomic mass is 9.90. The highest BCUT2D eigenvalue weighted by Gasteiger charge is 2.26. The van der Waals surface area contributed by atoms with Gasteiger partial charge in [0.05, 0.1) is 0 Å². The molecule has 2 nitrogen and oxygen atoms in total. The van der Waals surface area contributed by atoms with Crippen LogP contribution in [0, 0.1) is 5.41 Å². The van der Waals surface area contributed by atoms with Gasteiger partial charge in [-0.25, -0.2) is 0 Å². The number of nitrogens with one attached hydrogen (secondary N) is 1. The highest BCUT2D eigenvalue weighted by atomic mass is 15.2. The second kappa shape index (κ2) is 6.38. The molecule has 108 valence electrons. The van der Waals surface area contributed by atoms with Crippen molar-refractivity contribution in [3.8, 4) is 0 Å². The lowest BCUT2D eigenvalue weighted by Gasteiger charge is -2.41. The van der Waals surface area contributed by atoms with Gasteiger partial charge in [0.1, 0.15) is 0 Å². The molecule has 0 unspecified atom stereocenters. The van der Waals surface area contributed by atoms with Crippen LogP contribution in [0.1, 0.15) is 67.2 Å². The summed E-state index contributed by atoms with van der Waals surface area (Å²) in [7, 11) is 0. The van der Waals surface area contributed by atoms with E-state index in [1.54, 1.807) is 0 Å². The molecule has 0 radical (unpaired) electrons. The van der Waals surface area contributed by atoms with E-state index in [1.807, 2.05) is 0 Å². The van der Waals surface area contributed by atoms with E-state index in [4.69, 9.17) is 0 Å². The molecular formula is C16H34N2. The fourth-order valence-electron chi connectivity index (χ4n) is 2.68. The van der Waals surface area contributed by atoms with E-state index >= 15 is 0 Å². The molecule has 0 aliphatic carbocycles. The first-order valence-electron chi connectivity index (χ1n) is 7.67. The molecular weight excluding hydrogens is 220 g/mol. The maximum Gasteiger partial charge on any atom is 0.0125 e. The third kappa shape index (κ3) is 6.19. The van der Waals surface area contributed by atoms with Crippen molar-refractivity contribution in [2.75, 3.05) is 19.6 Å². The molecule has 1 saturated heterocycles. The number of likely N-dealkylation sites (tertiary alicyclic amines) is 1. The fourth-order valence-corrected chi connectivity index (χ4v) is 2.68. The zero-order valence-electron chi connectivity index (χ0n) is 13.5. The standard InChI is InChI=1S/C16H34N2/c1-15(2,3)10-7-11-17-14-8-12-18(13-9-14)16(4,5)6/h14,17H,7-13H2,1-6H3. The number of rotatable bonds is 4. The molecule has 0 aromatic rings. The van der Waals surface area contributed by atoms with Crippen molar-refractivity contribution in [2.45, 2.75) is 78.8 Å². The van der Waals surface area contributed by atoms with Crippen molar-refractivity contribution < 1.29 is 0 Å². The minimum Gasteiger partial charge on any atom is -0.314 e. The number of piperidine rings is 1. The summed E-state index contributed by atoms with van der Waals surface area (Å²) in [4.78, 5) is 2.61. The van der Waals surface area contributed by atoms with Crippen molar-refractivity contribution in [1.82, 2.24) is 10.2 Å². The van der Waals surface area contributed by atoms with Crippen LogP contribution in [0.15, 0.2) is 0 Å². The molecule has 0 aromatic carbocycles. The van der Waals surface area contributed by atoms with Crippen molar-refractivity contribution >= 4 is 0 Å². The molecule has 0 saturated carbocycles. The molecule has 18 heavy (non-hydrogen) atoms. The van der Waals surface area contributed by atoms with Gasteiger partial charge in [0, 0.05) is 24.7 Å². The quantitative estimate of drug-likeness (QED) is 0.770. The number of hydrogen-bond acceptors (Lipinski definition) is 2. The van der Waals surface area contributed by atoms with Gasteiger partial charge in [0.25, 0.3) is 0 Å². The predicted octanol–water partition coefficient (Wildman–Crippen LogP) is 3.67. The zero-order chi connectivity index (χ0) is 13.8. The molecule has 1 fully saturated rings. The normalized spacial score (nSPS) is 20.3. The van der Waals surface area contributed by atoms with Gasteiger partial charge >= 0.3 is 0 Å². The van der Waals surface area contributed by atoms with Crippen LogP contribution < -0.4 is 5.32 Å². The third-order valence-corrected chi connectivity index (χ3v) is 3.98. The first kappa shape index (κ1) is 16.0. The van der Waals surface area contributed by atoms with Crippen molar-refractivity contribution in [1.29, 1.82) is 0 Å². The molecule has 0 aromatic heterocycles. The van der Waals surface area contributed by atoms with E-state index in [0.717, 1.165) is 6.04 Å². The summed E-state index contributed by atoms with van der Waals surface area (Å²) in [6.45, 7) is 17.6. The Morgan fingerprint density at radius 1 is 1.00 bits per heavy atom. The Morgan fingerprint density at radius 3 is 2.00 bits per heavy atom. The van der Waals surface area contributed by atoms with E-state index < -0.39 is 0 Å². The Morgan fingerprint density at radius 2 is 1.56 bits per heavy atom. The van der Waals surface area contributed by atoms with Crippen LogP contribution in [0.4, 0.5) is 0 Å². The average molecular weight is 254 g/mol. The molecule has 1 rings (SSSR count). The summed E-state index contributed by atoms with van der Waals surface area (Å²) in [5.41, 5.74) is 0.828. The Balaban J connectivity index is 2.13. The van der Waals surface area contributed by atoms with Gasteiger partial charge in [-0.15, -0.1) is 0 Å². The van der Waals surface area contributed by atoms with E-state index in [1.165, 1.54) is 45.3 Å². The highest BCUT2D eigenvalue weighted by molar-refractivity contribution is 4.84. The second-order valence-corrected chi connectivity index (χ2v) is 8.05. The summed E-state index contributed by atoms with van der Waals surface area (Å²) < 4.78 is 0. The van der Waals surface area contributed by atoms with E-state index in [2.05, 4.69) is 51.8 Å². The summed E-state index contributed by atoms with van der Waals surface area (Å²) in [6, 6.07) is 0.753. The van der Waals surface area contributed by atoms with Crippen LogP contribution in [-0.4, -0.2) is 36.1 Å². The van der Waals surface area contributed by atoms with E-state index in [-0.39, 0.29) is 0 Å². The Kier molecular flexibility index (Phi) is 5.67. The van der Waals surface area contributed by atoms with E-state index in [9.17, 15) is 0 Å². The Hall–Kier alpha value is -0.0800. The maximum atomic E-state index is 3.74. The van der Waals surface area contributed by atoms with Crippen LogP contribution in [0.5, 0.6) is 0 Å². The average Bonchev–Trinajstić information content (AvgIpc) is 2.22. The van der Waals surface area contributed by atoms with Gasteiger partial charge in [-0.3, -0.25) is 4.90 Å². The first-order chi connectivity index (χ1) is 8.18. The number of hydrogen-bond donors (Lipinski definition) is 1. The largest absolute Gasteiger partial charge is 0.314 e. The number of nitrogens with zero attached hydrogens (tertiary/aromatic N) is 1. The molecule has 0 bridgehead atoms. The molecule has 1 N–H and O–H groups in total. The minimum atomic E-state index is 0.344. The monoisotopic (exact) mass is 254 g/mol. The molecule has 2 heteroatoms. The first-order valence-corrected chi connectivity index (χ1v) is 7.67. The molecule has 1 aliphatic rings. The van der Waals surface area contributed by atoms with Crippen LogP contribution in [0.25, 0.3) is 0 Å². The lowest BCUT2D eigenvalue weighted by molar-refractivity contribution is 0.0961. The Labute approximate surface area is 115 Å². The summed E-state index contributed by atoms with van der Waals surface area (Å²) in [5, 5.41) is 3.74. The topological polar surface area (TPSA) is 15.3 Å². The van der Waals surface area contributed by atoms with Gasteiger partial charge < -0.3 is 5.32 Å². The van der Waals surface area contributed by atoms with Crippen molar-refractivity contribution in [2.24, 2.45) is 5.41 Å². The SMILES string of the molecule is CC(C)(C)CCCNC1CCN(C(C)(C)C)CC1. The highest BCUT2D eigenvalue weighted by Crippen LogP contribution is 2.21. The fraction of sp³-hybridized carbons (Fsp3) is 1.00. The molecule has 0 atom stereocenters. The smallest absolute Gasteiger partial charge is 0.0125 e. The lowest BCUT2D eigenvalue weighted by Crippen LogP contribution is -2.50. The summed E-state index contributed by atoms with van der Waals surface area (Å²) in [5.74, 6) is 0. The van der Waals surface area contributed by atoms with Crippen LogP contribution in [-0.2, 0) is 0 Å². The summed E-state index contributed by atoms with van der Waals surface area (Å²) >= 11 is 0. The second-order valence-electron chi connectivity index (χ2n) is 8.05. The van der Waals surface area contributed by atoms with Gasteiger partial charge in [0.2, 0.25) is 0 Å². The molecule has 1 aliphatic heterocycles. The van der Waals surface area contributed by atoms with Gasteiger partial charge in [-0.05, 0) is 58.4 Å². The van der Waals surface area contributed by atoms with Crippen LogP contribution in [0.3, 0.4) is 0 Å². The van der Waals surface area contributed by atoms with Crippen LogP contribution in [0.2, 0.25) is 0 Å². The third-order valence-electron chi connectivity index (χ3n) is 3.98. The molecule has 0 amide bonds. The molecule has 1 heterocycles. The van der Waals surface area contributed by atoms with Crippen molar-refractivity contribution in [3.63, 3.8) is 0 Å². The summed E-state index contributed by atoms with van der Waals surface area (Å²) in [6.07, 6.45) is 5.25. The minimum absolute atomic E-state index is 0.344. The molecule has 0 spiro atoms. The van der Waals surface area contributed by atoms with E-state index in [0.29, 0.717) is 11.0 Å². The maximum absolute atomic E-state index is 3.74. The van der Waals surface area contributed by atoms with Gasteiger partial charge in [-0.2, -0.15) is 0 Å². The Bertz CT molecular complexity index is 226. The van der Waals surface area contributed by atoms with Crippen LogP contribution >= 0.6 is 0 Å². The van der Waals surface area contributed by atoms with Gasteiger partial charge in [0.15, 0.2) is 0 Å². The van der Waals surface area contributed by atoms with Crippen molar-refractivity contribution in [3.05, 3.63) is 0 Å².